The van der Waals surface area contributed by atoms with E-state index in [-0.39, 0.29) is 18.9 Å². The second kappa shape index (κ2) is 7.92. The van der Waals surface area contributed by atoms with Crippen molar-refractivity contribution in [2.24, 2.45) is 0 Å². The summed E-state index contributed by atoms with van der Waals surface area (Å²) in [4.78, 5) is 22.8. The van der Waals surface area contributed by atoms with Crippen molar-refractivity contribution in [2.45, 2.75) is 37.9 Å². The molecule has 2 unspecified atom stereocenters. The number of hydrogen-bond donors (Lipinski definition) is 0. The second-order valence-corrected chi connectivity index (χ2v) is 4.17. The zero-order chi connectivity index (χ0) is 13.0. The van der Waals surface area contributed by atoms with Gasteiger partial charge < -0.3 is 23.8 Å². The smallest absolute Gasteiger partial charge is 0.808 e. The number of hydrogen-bond acceptors (Lipinski definition) is 7. The maximum absolute atomic E-state index is 11.4. The maximum Gasteiger partial charge on any atom is 1.00 e. The van der Waals surface area contributed by atoms with E-state index in [4.69, 9.17) is 9.47 Å². The van der Waals surface area contributed by atoms with Crippen molar-refractivity contribution in [3.05, 3.63) is 0 Å². The Kier molecular flexibility index (Phi) is 6.90. The van der Waals surface area contributed by atoms with Crippen LogP contribution in [0.1, 0.15) is 25.7 Å². The Hall–Kier alpha value is -0.518. The van der Waals surface area contributed by atoms with Crippen LogP contribution in [0.2, 0.25) is 0 Å². The minimum Gasteiger partial charge on any atom is -0.808 e. The van der Waals surface area contributed by atoms with Crippen LogP contribution in [0.25, 0.3) is 0 Å². The molecular formula is C10H14BLiO7. The predicted octanol–water partition coefficient (Wildman–Crippen LogP) is -4.22. The van der Waals surface area contributed by atoms with Gasteiger partial charge in [-0.15, -0.1) is 0 Å². The monoisotopic (exact) mass is 264 g/mol. The van der Waals surface area contributed by atoms with Crippen molar-refractivity contribution in [1.82, 2.24) is 0 Å². The topological polar surface area (TPSA) is 94.1 Å². The van der Waals surface area contributed by atoms with Crippen LogP contribution in [-0.4, -0.2) is 44.7 Å². The van der Waals surface area contributed by atoms with E-state index in [0.717, 1.165) is 12.8 Å². The molecular weight excluding hydrogens is 250 g/mol. The zero-order valence-electron chi connectivity index (χ0n) is 10.8. The molecule has 2 heterocycles. The normalized spacial score (nSPS) is 25.5. The number of rotatable bonds is 4. The molecule has 0 amide bonds. The number of carbonyl (C=O) groups excluding carboxylic acids is 2. The van der Waals surface area contributed by atoms with Crippen LogP contribution in [0.15, 0.2) is 0 Å². The van der Waals surface area contributed by atoms with E-state index in [9.17, 15) is 14.6 Å². The number of carbonyl (C=O) groups is 2. The summed E-state index contributed by atoms with van der Waals surface area (Å²) in [6.07, 6.45) is 1.10. The van der Waals surface area contributed by atoms with Gasteiger partial charge in [0.2, 0.25) is 0 Å². The van der Waals surface area contributed by atoms with Crippen LogP contribution < -0.4 is 23.9 Å². The van der Waals surface area contributed by atoms with Crippen molar-refractivity contribution in [3.8, 4) is 0 Å². The molecule has 19 heavy (non-hydrogen) atoms. The van der Waals surface area contributed by atoms with Crippen LogP contribution in [0.3, 0.4) is 0 Å². The number of ether oxygens (including phenoxy) is 2. The first-order valence-corrected chi connectivity index (χ1v) is 5.97. The van der Waals surface area contributed by atoms with Crippen molar-refractivity contribution in [2.75, 3.05) is 13.2 Å². The van der Waals surface area contributed by atoms with Gasteiger partial charge in [0.15, 0.2) is 12.2 Å². The van der Waals surface area contributed by atoms with Crippen molar-refractivity contribution < 1.29 is 52.3 Å². The van der Waals surface area contributed by atoms with Gasteiger partial charge in [-0.2, -0.15) is 0 Å². The van der Waals surface area contributed by atoms with Gasteiger partial charge in [0.1, 0.15) is 0 Å². The van der Waals surface area contributed by atoms with Crippen molar-refractivity contribution in [1.29, 1.82) is 0 Å². The van der Waals surface area contributed by atoms with Gasteiger partial charge >= 0.3 is 38.1 Å². The third-order valence-corrected chi connectivity index (χ3v) is 2.81. The van der Waals surface area contributed by atoms with Crippen LogP contribution in [0.5, 0.6) is 0 Å². The molecule has 0 aromatic carbocycles. The molecule has 0 aromatic rings. The summed E-state index contributed by atoms with van der Waals surface area (Å²) in [5, 5.41) is 11.3. The molecule has 9 heteroatoms. The van der Waals surface area contributed by atoms with Crippen molar-refractivity contribution in [3.63, 3.8) is 0 Å². The Balaban J connectivity index is 0.00000180. The zero-order valence-corrected chi connectivity index (χ0v) is 10.8. The summed E-state index contributed by atoms with van der Waals surface area (Å²) in [6.45, 7) is 0.942. The molecule has 2 rings (SSSR count). The molecule has 2 fully saturated rings. The standard InChI is InChI=1S/C10H14BO7.Li/c12-9(7-3-1-5-15-7)17-11(14)18-10(13)8-4-2-6-16-8;/h7-8H,1-6H2;/q-1;+1. The van der Waals surface area contributed by atoms with E-state index in [1.54, 1.807) is 0 Å². The van der Waals surface area contributed by atoms with Crippen LogP contribution >= 0.6 is 0 Å². The molecule has 0 spiro atoms. The Morgan fingerprint density at radius 2 is 1.42 bits per heavy atom. The first kappa shape index (κ1) is 16.5. The quantitative estimate of drug-likeness (QED) is 0.475. The van der Waals surface area contributed by atoms with Gasteiger partial charge in [0, 0.05) is 13.2 Å². The minimum absolute atomic E-state index is 0. The third kappa shape index (κ3) is 4.82. The largest absolute Gasteiger partial charge is 1.00 e. The van der Waals surface area contributed by atoms with Gasteiger partial charge in [0.05, 0.1) is 0 Å². The second-order valence-electron chi connectivity index (χ2n) is 4.17. The molecule has 2 aliphatic heterocycles. The third-order valence-electron chi connectivity index (χ3n) is 2.81. The Bertz CT molecular complexity index is 285. The molecule has 0 aromatic heterocycles. The summed E-state index contributed by atoms with van der Waals surface area (Å²) in [6, 6.07) is 0. The summed E-state index contributed by atoms with van der Waals surface area (Å²) < 4.78 is 19.0. The maximum atomic E-state index is 11.4. The summed E-state index contributed by atoms with van der Waals surface area (Å²) >= 11 is 0. The van der Waals surface area contributed by atoms with Gasteiger partial charge in [0.25, 0.3) is 0 Å². The molecule has 0 aliphatic carbocycles. The van der Waals surface area contributed by atoms with Gasteiger partial charge in [-0.05, 0) is 25.7 Å². The fourth-order valence-corrected chi connectivity index (χ4v) is 1.89. The van der Waals surface area contributed by atoms with E-state index < -0.39 is 31.5 Å². The first-order valence-electron chi connectivity index (χ1n) is 5.97. The summed E-state index contributed by atoms with van der Waals surface area (Å²) in [5.41, 5.74) is 0. The summed E-state index contributed by atoms with van der Waals surface area (Å²) in [5.74, 6) is -1.57. The van der Waals surface area contributed by atoms with E-state index in [2.05, 4.69) is 9.31 Å². The van der Waals surface area contributed by atoms with E-state index >= 15 is 0 Å². The van der Waals surface area contributed by atoms with E-state index in [1.807, 2.05) is 0 Å². The van der Waals surface area contributed by atoms with Crippen LogP contribution in [0.4, 0.5) is 0 Å². The molecule has 0 bridgehead atoms. The van der Waals surface area contributed by atoms with E-state index in [1.165, 1.54) is 0 Å². The predicted molar refractivity (Wildman–Crippen MR) is 55.9 cm³/mol. The summed E-state index contributed by atoms with van der Waals surface area (Å²) in [7, 11) is -2.15. The van der Waals surface area contributed by atoms with Gasteiger partial charge in [-0.25, -0.2) is 0 Å². The minimum atomic E-state index is -2.15. The Labute approximate surface area is 123 Å². The molecule has 0 radical (unpaired) electrons. The van der Waals surface area contributed by atoms with Crippen LogP contribution in [-0.2, 0) is 28.4 Å². The van der Waals surface area contributed by atoms with E-state index in [0.29, 0.717) is 26.1 Å². The van der Waals surface area contributed by atoms with Gasteiger partial charge in [-0.3, -0.25) is 9.59 Å². The fraction of sp³-hybridized carbons (Fsp3) is 0.800. The van der Waals surface area contributed by atoms with Crippen LogP contribution in [0, 0.1) is 0 Å². The molecule has 2 atom stereocenters. The Morgan fingerprint density at radius 3 is 1.74 bits per heavy atom. The fourth-order valence-electron chi connectivity index (χ4n) is 1.89. The Morgan fingerprint density at radius 1 is 1.00 bits per heavy atom. The molecule has 2 saturated heterocycles. The molecule has 100 valence electrons. The first-order chi connectivity index (χ1) is 8.66. The molecule has 7 nitrogen and oxygen atoms in total. The molecule has 0 saturated carbocycles. The van der Waals surface area contributed by atoms with Gasteiger partial charge in [-0.1, -0.05) is 0 Å². The average Bonchev–Trinajstić information content (AvgIpc) is 3.02. The molecule has 0 N–H and O–H groups in total. The average molecular weight is 264 g/mol. The SMILES string of the molecule is O=C(OB([O-])OC(=O)C1CCCO1)C1CCCO1.[Li+]. The molecule has 2 aliphatic rings. The van der Waals surface area contributed by atoms with Crippen molar-refractivity contribution >= 4 is 19.3 Å².